The van der Waals surface area contributed by atoms with Crippen LogP contribution in [0.1, 0.15) is 25.3 Å². The average molecular weight is 227 g/mol. The molecular weight excluding hydrogens is 212 g/mol. The van der Waals surface area contributed by atoms with Crippen molar-refractivity contribution < 1.29 is 9.47 Å². The number of hydrogen-bond acceptors (Lipinski definition) is 2. The minimum absolute atomic E-state index is 0.383. The molecule has 1 aromatic rings. The van der Waals surface area contributed by atoms with E-state index in [1.165, 1.54) is 0 Å². The van der Waals surface area contributed by atoms with Gasteiger partial charge in [0, 0.05) is 11.5 Å². The lowest BCUT2D eigenvalue weighted by atomic mass is 9.90. The molecule has 0 spiro atoms. The van der Waals surface area contributed by atoms with E-state index in [9.17, 15) is 0 Å². The Hall–Kier alpha value is -0.890. The molecule has 15 heavy (non-hydrogen) atoms. The van der Waals surface area contributed by atoms with Gasteiger partial charge in [0.2, 0.25) is 0 Å². The van der Waals surface area contributed by atoms with Crippen molar-refractivity contribution in [3.63, 3.8) is 0 Å². The molecule has 2 nitrogen and oxygen atoms in total. The highest BCUT2D eigenvalue weighted by Crippen LogP contribution is 2.46. The zero-order chi connectivity index (χ0) is 11.0. The lowest BCUT2D eigenvalue weighted by Gasteiger charge is -2.16. The van der Waals surface area contributed by atoms with E-state index < -0.39 is 0 Å². The van der Waals surface area contributed by atoms with E-state index in [-0.39, 0.29) is 0 Å². The first-order valence-electron chi connectivity index (χ1n) is 5.14. The normalized spacial score (nSPS) is 18.9. The Balaban J connectivity index is 2.53. The Labute approximate surface area is 95.1 Å². The smallest absolute Gasteiger partial charge is 0.144 e. The first-order chi connectivity index (χ1) is 7.15. The largest absolute Gasteiger partial charge is 0.495 e. The first-order valence-corrected chi connectivity index (χ1v) is 5.52. The van der Waals surface area contributed by atoms with Gasteiger partial charge in [-0.1, -0.05) is 25.4 Å². The second kappa shape index (κ2) is 3.93. The molecule has 1 aliphatic heterocycles. The monoisotopic (exact) mass is 226 g/mol. The van der Waals surface area contributed by atoms with Crippen LogP contribution in [0.15, 0.2) is 12.1 Å². The van der Waals surface area contributed by atoms with Crippen LogP contribution in [0.3, 0.4) is 0 Å². The van der Waals surface area contributed by atoms with Crippen molar-refractivity contribution in [2.45, 2.75) is 19.8 Å². The highest BCUT2D eigenvalue weighted by atomic mass is 35.5. The molecular formula is C12H15ClO2. The summed E-state index contributed by atoms with van der Waals surface area (Å²) in [5.41, 5.74) is 1.13. The summed E-state index contributed by atoms with van der Waals surface area (Å²) in [6, 6.07) is 3.74. The van der Waals surface area contributed by atoms with Crippen molar-refractivity contribution in [2.75, 3.05) is 13.7 Å². The van der Waals surface area contributed by atoms with Crippen LogP contribution in [0.2, 0.25) is 5.02 Å². The summed E-state index contributed by atoms with van der Waals surface area (Å²) in [5.74, 6) is 2.59. The molecule has 0 fully saturated rings. The van der Waals surface area contributed by atoms with E-state index in [0.29, 0.717) is 16.9 Å². The minimum Gasteiger partial charge on any atom is -0.495 e. The molecule has 0 saturated heterocycles. The third-order valence-electron chi connectivity index (χ3n) is 2.91. The lowest BCUT2D eigenvalue weighted by molar-refractivity contribution is 0.303. The van der Waals surface area contributed by atoms with Gasteiger partial charge in [-0.15, -0.1) is 0 Å². The summed E-state index contributed by atoms with van der Waals surface area (Å²) in [4.78, 5) is 0. The van der Waals surface area contributed by atoms with Gasteiger partial charge in [-0.3, -0.25) is 0 Å². The van der Waals surface area contributed by atoms with Gasteiger partial charge in [-0.05, 0) is 18.1 Å². The molecule has 1 atom stereocenters. The summed E-state index contributed by atoms with van der Waals surface area (Å²) in [6.45, 7) is 5.09. The quantitative estimate of drug-likeness (QED) is 0.769. The molecule has 1 aromatic carbocycles. The fourth-order valence-electron chi connectivity index (χ4n) is 2.03. The van der Waals surface area contributed by atoms with Crippen LogP contribution in [0, 0.1) is 5.92 Å². The molecule has 0 saturated carbocycles. The van der Waals surface area contributed by atoms with Crippen LogP contribution in [0.25, 0.3) is 0 Å². The SMILES string of the molecule is COc1c(Cl)ccc2c1C(C(C)C)CO2. The topological polar surface area (TPSA) is 18.5 Å². The van der Waals surface area contributed by atoms with E-state index in [2.05, 4.69) is 13.8 Å². The number of ether oxygens (including phenoxy) is 2. The summed E-state index contributed by atoms with van der Waals surface area (Å²) in [5, 5.41) is 0.660. The fourth-order valence-corrected chi connectivity index (χ4v) is 2.27. The van der Waals surface area contributed by atoms with Gasteiger partial charge < -0.3 is 9.47 Å². The molecule has 2 rings (SSSR count). The molecule has 3 heteroatoms. The zero-order valence-corrected chi connectivity index (χ0v) is 9.97. The van der Waals surface area contributed by atoms with Crippen LogP contribution in [0.4, 0.5) is 0 Å². The second-order valence-corrected chi connectivity index (χ2v) is 4.56. The Morgan fingerprint density at radius 1 is 1.47 bits per heavy atom. The molecule has 1 heterocycles. The average Bonchev–Trinajstić information content (AvgIpc) is 2.61. The van der Waals surface area contributed by atoms with E-state index in [1.54, 1.807) is 7.11 Å². The molecule has 1 aliphatic rings. The first kappa shape index (κ1) is 10.6. The number of fused-ring (bicyclic) bond motifs is 1. The van der Waals surface area contributed by atoms with Crippen LogP contribution in [-0.2, 0) is 0 Å². The van der Waals surface area contributed by atoms with Gasteiger partial charge in [-0.2, -0.15) is 0 Å². The predicted molar refractivity (Wildman–Crippen MR) is 61.1 cm³/mol. The van der Waals surface area contributed by atoms with Crippen LogP contribution >= 0.6 is 11.6 Å². The fraction of sp³-hybridized carbons (Fsp3) is 0.500. The van der Waals surface area contributed by atoms with Gasteiger partial charge in [0.25, 0.3) is 0 Å². The van der Waals surface area contributed by atoms with Crippen molar-refractivity contribution in [3.05, 3.63) is 22.7 Å². The van der Waals surface area contributed by atoms with Gasteiger partial charge in [0.05, 0.1) is 18.7 Å². The van der Waals surface area contributed by atoms with Crippen molar-refractivity contribution in [3.8, 4) is 11.5 Å². The Bertz CT molecular complexity index is 374. The van der Waals surface area contributed by atoms with Crippen molar-refractivity contribution in [2.24, 2.45) is 5.92 Å². The van der Waals surface area contributed by atoms with Crippen molar-refractivity contribution in [1.29, 1.82) is 0 Å². The maximum atomic E-state index is 6.10. The van der Waals surface area contributed by atoms with E-state index in [0.717, 1.165) is 23.7 Å². The molecule has 0 bridgehead atoms. The summed E-state index contributed by atoms with van der Waals surface area (Å²) < 4.78 is 11.0. The Kier molecular flexibility index (Phi) is 2.79. The number of hydrogen-bond donors (Lipinski definition) is 0. The lowest BCUT2D eigenvalue weighted by Crippen LogP contribution is -2.08. The predicted octanol–water partition coefficient (Wildman–Crippen LogP) is 3.48. The molecule has 0 amide bonds. The molecule has 0 radical (unpaired) electrons. The molecule has 0 aliphatic carbocycles. The summed E-state index contributed by atoms with van der Waals surface area (Å²) in [7, 11) is 1.65. The maximum Gasteiger partial charge on any atom is 0.144 e. The maximum absolute atomic E-state index is 6.10. The Morgan fingerprint density at radius 2 is 2.20 bits per heavy atom. The summed E-state index contributed by atoms with van der Waals surface area (Å²) in [6.07, 6.45) is 0. The number of benzene rings is 1. The molecule has 1 unspecified atom stereocenters. The summed E-state index contributed by atoms with van der Waals surface area (Å²) >= 11 is 6.10. The van der Waals surface area contributed by atoms with E-state index >= 15 is 0 Å². The zero-order valence-electron chi connectivity index (χ0n) is 9.21. The minimum atomic E-state index is 0.383. The standard InChI is InChI=1S/C12H15ClO2/c1-7(2)8-6-15-10-5-4-9(13)12(14-3)11(8)10/h4-5,7-8H,6H2,1-3H3. The van der Waals surface area contributed by atoms with Gasteiger partial charge in [-0.25, -0.2) is 0 Å². The molecule has 82 valence electrons. The van der Waals surface area contributed by atoms with Crippen molar-refractivity contribution >= 4 is 11.6 Å². The Morgan fingerprint density at radius 3 is 2.80 bits per heavy atom. The van der Waals surface area contributed by atoms with E-state index in [4.69, 9.17) is 21.1 Å². The number of halogens is 1. The van der Waals surface area contributed by atoms with Crippen LogP contribution in [0.5, 0.6) is 11.5 Å². The highest BCUT2D eigenvalue weighted by molar-refractivity contribution is 6.32. The number of rotatable bonds is 2. The third-order valence-corrected chi connectivity index (χ3v) is 3.20. The van der Waals surface area contributed by atoms with Crippen molar-refractivity contribution in [1.82, 2.24) is 0 Å². The second-order valence-electron chi connectivity index (χ2n) is 4.15. The van der Waals surface area contributed by atoms with Crippen LogP contribution < -0.4 is 9.47 Å². The number of methoxy groups -OCH3 is 1. The van der Waals surface area contributed by atoms with Gasteiger partial charge >= 0.3 is 0 Å². The van der Waals surface area contributed by atoms with E-state index in [1.807, 2.05) is 12.1 Å². The van der Waals surface area contributed by atoms with Crippen LogP contribution in [-0.4, -0.2) is 13.7 Å². The molecule has 0 N–H and O–H groups in total. The third kappa shape index (κ3) is 1.67. The van der Waals surface area contributed by atoms with Gasteiger partial charge in [0.1, 0.15) is 11.5 Å². The van der Waals surface area contributed by atoms with Gasteiger partial charge in [0.15, 0.2) is 0 Å². The highest BCUT2D eigenvalue weighted by Gasteiger charge is 2.31. The molecule has 0 aromatic heterocycles.